The Labute approximate surface area is 134 Å². The van der Waals surface area contributed by atoms with Crippen LogP contribution in [0.15, 0.2) is 30.6 Å². The van der Waals surface area contributed by atoms with E-state index in [1.54, 1.807) is 19.3 Å². The molecule has 0 unspecified atom stereocenters. The number of benzene rings is 1. The first-order chi connectivity index (χ1) is 11.0. The molecule has 0 spiro atoms. The molecule has 0 atom stereocenters. The van der Waals surface area contributed by atoms with Crippen molar-refractivity contribution in [3.8, 4) is 11.1 Å². The van der Waals surface area contributed by atoms with E-state index in [-0.39, 0.29) is 5.78 Å². The molecule has 0 radical (unpaired) electrons. The highest BCUT2D eigenvalue weighted by atomic mass is 16.1. The number of anilines is 1. The average Bonchev–Trinajstić information content (AvgIpc) is 2.93. The van der Waals surface area contributed by atoms with Crippen molar-refractivity contribution in [3.63, 3.8) is 0 Å². The van der Waals surface area contributed by atoms with Crippen LogP contribution in [0.3, 0.4) is 0 Å². The van der Waals surface area contributed by atoms with Crippen molar-refractivity contribution in [2.24, 2.45) is 0 Å². The lowest BCUT2D eigenvalue weighted by Crippen LogP contribution is -2.12. The lowest BCUT2D eigenvalue weighted by atomic mass is 10.0. The van der Waals surface area contributed by atoms with Crippen molar-refractivity contribution >= 4 is 22.6 Å². The van der Waals surface area contributed by atoms with Gasteiger partial charge in [0.1, 0.15) is 5.69 Å². The fourth-order valence-corrected chi connectivity index (χ4v) is 2.56. The van der Waals surface area contributed by atoms with E-state index in [1.807, 2.05) is 48.8 Å². The van der Waals surface area contributed by atoms with Crippen molar-refractivity contribution in [1.82, 2.24) is 19.7 Å². The molecule has 2 heterocycles. The second-order valence-corrected chi connectivity index (χ2v) is 5.62. The molecule has 0 fully saturated rings. The molecule has 2 aromatic heterocycles. The van der Waals surface area contributed by atoms with Gasteiger partial charge in [-0.1, -0.05) is 6.07 Å². The Balaban J connectivity index is 2.12. The first kappa shape index (κ1) is 15.1. The number of hydrogen-bond acceptors (Lipinski definition) is 5. The predicted molar refractivity (Wildman–Crippen MR) is 90.8 cm³/mol. The standard InChI is InChI=1S/C17H19N5O/c1-5-22-15-7-6-12(8-14(15)16(20-22)11(2)23)13-9-18-17(19-10-13)21(3)4/h6-10H,5H2,1-4H3. The molecule has 1 aromatic carbocycles. The lowest BCUT2D eigenvalue weighted by molar-refractivity contribution is 0.101. The number of rotatable bonds is 4. The number of carbonyl (C=O) groups excluding carboxylic acids is 1. The minimum atomic E-state index is -0.0291. The van der Waals surface area contributed by atoms with Crippen LogP contribution >= 0.6 is 0 Å². The van der Waals surface area contributed by atoms with Crippen LogP contribution in [-0.2, 0) is 6.54 Å². The van der Waals surface area contributed by atoms with Crippen molar-refractivity contribution in [2.45, 2.75) is 20.4 Å². The molecule has 0 bridgehead atoms. The zero-order valence-electron chi connectivity index (χ0n) is 13.7. The molecule has 0 aliphatic rings. The summed E-state index contributed by atoms with van der Waals surface area (Å²) in [6.07, 6.45) is 3.59. The van der Waals surface area contributed by atoms with Crippen molar-refractivity contribution in [1.29, 1.82) is 0 Å². The van der Waals surface area contributed by atoms with Crippen molar-refractivity contribution in [2.75, 3.05) is 19.0 Å². The number of Topliss-reactive ketones (excluding diaryl/α,β-unsaturated/α-hetero) is 1. The topological polar surface area (TPSA) is 63.9 Å². The Morgan fingerprint density at radius 2 is 1.87 bits per heavy atom. The highest BCUT2D eigenvalue weighted by Gasteiger charge is 2.14. The van der Waals surface area contributed by atoms with E-state index in [9.17, 15) is 4.79 Å². The number of hydrogen-bond donors (Lipinski definition) is 0. The van der Waals surface area contributed by atoms with Gasteiger partial charge >= 0.3 is 0 Å². The van der Waals surface area contributed by atoms with Gasteiger partial charge in [-0.15, -0.1) is 0 Å². The summed E-state index contributed by atoms with van der Waals surface area (Å²) >= 11 is 0. The Kier molecular flexibility index (Phi) is 3.82. The quantitative estimate of drug-likeness (QED) is 0.693. The summed E-state index contributed by atoms with van der Waals surface area (Å²) < 4.78 is 1.85. The van der Waals surface area contributed by atoms with Crippen LogP contribution in [-0.4, -0.2) is 39.6 Å². The van der Waals surface area contributed by atoms with Gasteiger partial charge in [-0.25, -0.2) is 9.97 Å². The van der Waals surface area contributed by atoms with Crippen LogP contribution in [0.1, 0.15) is 24.3 Å². The Hall–Kier alpha value is -2.76. The fourth-order valence-electron chi connectivity index (χ4n) is 2.56. The van der Waals surface area contributed by atoms with Gasteiger partial charge in [0.15, 0.2) is 5.78 Å². The second kappa shape index (κ2) is 5.79. The molecule has 118 valence electrons. The largest absolute Gasteiger partial charge is 0.347 e. The summed E-state index contributed by atoms with van der Waals surface area (Å²) in [5.74, 6) is 0.636. The Morgan fingerprint density at radius 1 is 1.17 bits per heavy atom. The summed E-state index contributed by atoms with van der Waals surface area (Å²) in [5, 5.41) is 5.28. The maximum atomic E-state index is 11.9. The van der Waals surface area contributed by atoms with E-state index in [0.717, 1.165) is 28.6 Å². The van der Waals surface area contributed by atoms with E-state index >= 15 is 0 Å². The normalized spacial score (nSPS) is 11.0. The van der Waals surface area contributed by atoms with E-state index < -0.39 is 0 Å². The molecule has 3 rings (SSSR count). The Bertz CT molecular complexity index is 865. The monoisotopic (exact) mass is 309 g/mol. The fraction of sp³-hybridized carbons (Fsp3) is 0.294. The summed E-state index contributed by atoms with van der Waals surface area (Å²) in [5.41, 5.74) is 3.36. The lowest BCUT2D eigenvalue weighted by Gasteiger charge is -2.10. The number of aromatic nitrogens is 4. The molecule has 0 saturated carbocycles. The number of carbonyl (C=O) groups is 1. The minimum Gasteiger partial charge on any atom is -0.347 e. The zero-order valence-corrected chi connectivity index (χ0v) is 13.7. The van der Waals surface area contributed by atoms with Crippen LogP contribution in [0.2, 0.25) is 0 Å². The van der Waals surface area contributed by atoms with Gasteiger partial charge in [0.05, 0.1) is 5.52 Å². The summed E-state index contributed by atoms with van der Waals surface area (Å²) in [7, 11) is 3.80. The molecule has 0 amide bonds. The van der Waals surface area contributed by atoms with E-state index in [2.05, 4.69) is 15.1 Å². The molecule has 6 heteroatoms. The highest BCUT2D eigenvalue weighted by molar-refractivity contribution is 6.05. The second-order valence-electron chi connectivity index (χ2n) is 5.62. The summed E-state index contributed by atoms with van der Waals surface area (Å²) in [6, 6.07) is 5.99. The number of aryl methyl sites for hydroxylation is 1. The third-order valence-corrected chi connectivity index (χ3v) is 3.76. The molecule has 0 saturated heterocycles. The molecule has 0 N–H and O–H groups in total. The maximum absolute atomic E-state index is 11.9. The summed E-state index contributed by atoms with van der Waals surface area (Å²) in [6.45, 7) is 4.28. The van der Waals surface area contributed by atoms with Crippen LogP contribution in [0.5, 0.6) is 0 Å². The van der Waals surface area contributed by atoms with E-state index in [1.165, 1.54) is 0 Å². The highest BCUT2D eigenvalue weighted by Crippen LogP contribution is 2.26. The molecule has 6 nitrogen and oxygen atoms in total. The number of ketones is 1. The zero-order chi connectivity index (χ0) is 16.6. The minimum absolute atomic E-state index is 0.0291. The van der Waals surface area contributed by atoms with E-state index in [0.29, 0.717) is 11.6 Å². The van der Waals surface area contributed by atoms with Crippen LogP contribution in [0.25, 0.3) is 22.0 Å². The van der Waals surface area contributed by atoms with Gasteiger partial charge in [0.25, 0.3) is 0 Å². The summed E-state index contributed by atoms with van der Waals surface area (Å²) in [4.78, 5) is 22.4. The number of nitrogens with zero attached hydrogens (tertiary/aromatic N) is 5. The molecule has 0 aliphatic carbocycles. The van der Waals surface area contributed by atoms with Crippen LogP contribution < -0.4 is 4.90 Å². The van der Waals surface area contributed by atoms with Crippen LogP contribution in [0.4, 0.5) is 5.95 Å². The molecule has 23 heavy (non-hydrogen) atoms. The number of fused-ring (bicyclic) bond motifs is 1. The van der Waals surface area contributed by atoms with Crippen molar-refractivity contribution < 1.29 is 4.79 Å². The van der Waals surface area contributed by atoms with E-state index in [4.69, 9.17) is 0 Å². The first-order valence-electron chi connectivity index (χ1n) is 7.52. The van der Waals surface area contributed by atoms with Gasteiger partial charge in [-0.3, -0.25) is 9.48 Å². The average molecular weight is 309 g/mol. The van der Waals surface area contributed by atoms with Crippen LogP contribution in [0, 0.1) is 0 Å². The first-order valence-corrected chi connectivity index (χ1v) is 7.52. The molecular weight excluding hydrogens is 290 g/mol. The predicted octanol–water partition coefficient (Wildman–Crippen LogP) is 2.78. The van der Waals surface area contributed by atoms with Crippen molar-refractivity contribution in [3.05, 3.63) is 36.3 Å². The Morgan fingerprint density at radius 3 is 2.43 bits per heavy atom. The molecule has 0 aliphatic heterocycles. The maximum Gasteiger partial charge on any atom is 0.224 e. The van der Waals surface area contributed by atoms with Gasteiger partial charge in [-0.2, -0.15) is 5.10 Å². The third-order valence-electron chi connectivity index (χ3n) is 3.76. The van der Waals surface area contributed by atoms with Gasteiger partial charge in [-0.05, 0) is 24.6 Å². The van der Waals surface area contributed by atoms with Gasteiger partial charge in [0.2, 0.25) is 5.95 Å². The smallest absolute Gasteiger partial charge is 0.224 e. The SMILES string of the molecule is CCn1nc(C(C)=O)c2cc(-c3cnc(N(C)C)nc3)ccc21. The molecular formula is C17H19N5O. The third kappa shape index (κ3) is 2.67. The van der Waals surface area contributed by atoms with Gasteiger partial charge < -0.3 is 4.90 Å². The van der Waals surface area contributed by atoms with Gasteiger partial charge in [0, 0.05) is 50.9 Å². The molecule has 3 aromatic rings.